The fraction of sp³-hybridized carbons (Fsp3) is 0.158. The molecule has 0 aliphatic carbocycles. The molecule has 0 bridgehead atoms. The van der Waals surface area contributed by atoms with Crippen molar-refractivity contribution in [2.24, 2.45) is 0 Å². The van der Waals surface area contributed by atoms with Crippen molar-refractivity contribution in [3.8, 4) is 0 Å². The second-order valence-electron chi connectivity index (χ2n) is 6.10. The molecule has 2 amide bonds. The van der Waals surface area contributed by atoms with Crippen molar-refractivity contribution >= 4 is 23.4 Å². The van der Waals surface area contributed by atoms with Crippen LogP contribution < -0.4 is 10.2 Å². The van der Waals surface area contributed by atoms with Crippen molar-refractivity contribution in [3.63, 3.8) is 0 Å². The Morgan fingerprint density at radius 3 is 2.81 bits per heavy atom. The van der Waals surface area contributed by atoms with Crippen molar-refractivity contribution in [2.45, 2.75) is 13.1 Å². The smallest absolute Gasteiger partial charge is 0.411 e. The highest BCUT2D eigenvalue weighted by Crippen LogP contribution is 2.28. The van der Waals surface area contributed by atoms with Gasteiger partial charge in [0.1, 0.15) is 0 Å². The lowest BCUT2D eigenvalue weighted by Gasteiger charge is -2.22. The van der Waals surface area contributed by atoms with E-state index in [1.807, 2.05) is 24.3 Å². The quantitative estimate of drug-likeness (QED) is 0.756. The number of rotatable bonds is 2. The summed E-state index contributed by atoms with van der Waals surface area (Å²) in [5.41, 5.74) is 3.61. The Hall–Kier alpha value is -3.68. The summed E-state index contributed by atoms with van der Waals surface area (Å²) in [6, 6.07) is 14.5. The van der Waals surface area contributed by atoms with E-state index in [4.69, 9.17) is 0 Å². The van der Waals surface area contributed by atoms with Crippen LogP contribution in [0.2, 0.25) is 0 Å². The van der Waals surface area contributed by atoms with Gasteiger partial charge in [-0.05, 0) is 29.8 Å². The topological polar surface area (TPSA) is 89.3 Å². The van der Waals surface area contributed by atoms with Crippen molar-refractivity contribution in [1.29, 1.82) is 0 Å². The van der Waals surface area contributed by atoms with Crippen LogP contribution in [0.15, 0.2) is 54.7 Å². The molecular formula is C19H17N5O3. The number of anilines is 2. The zero-order chi connectivity index (χ0) is 18.8. The fourth-order valence-electron chi connectivity index (χ4n) is 3.09. The van der Waals surface area contributed by atoms with E-state index in [9.17, 15) is 9.59 Å². The van der Waals surface area contributed by atoms with Crippen LogP contribution in [0.25, 0.3) is 0 Å². The average Bonchev–Trinajstić information content (AvgIpc) is 3.06. The number of carbonyl (C=O) groups excluding carboxylic acids is 2. The van der Waals surface area contributed by atoms with Gasteiger partial charge in [-0.25, -0.2) is 9.48 Å². The van der Waals surface area contributed by atoms with E-state index in [0.29, 0.717) is 24.3 Å². The highest BCUT2D eigenvalue weighted by Gasteiger charge is 2.25. The normalized spacial score (nSPS) is 12.6. The van der Waals surface area contributed by atoms with Crippen LogP contribution in [-0.2, 0) is 17.8 Å². The van der Waals surface area contributed by atoms with Gasteiger partial charge in [0, 0.05) is 16.9 Å². The molecule has 1 aromatic heterocycles. The third-order valence-electron chi connectivity index (χ3n) is 4.41. The van der Waals surface area contributed by atoms with E-state index in [-0.39, 0.29) is 5.91 Å². The molecule has 0 spiro atoms. The number of para-hydroxylation sites is 1. The van der Waals surface area contributed by atoms with E-state index < -0.39 is 6.09 Å². The third-order valence-corrected chi connectivity index (χ3v) is 4.41. The first-order valence-electron chi connectivity index (χ1n) is 8.38. The number of hydrogen-bond donors (Lipinski definition) is 1. The summed E-state index contributed by atoms with van der Waals surface area (Å²) in [4.78, 5) is 26.4. The standard InChI is InChI=1S/C19H17N5O3/c1-27-19(26)21-15-7-4-6-13(9-15)18(25)23-12-16-10-20-22-24(16)11-14-5-2-3-8-17(14)23/h2-10H,11-12H2,1H3,(H,21,26). The van der Waals surface area contributed by atoms with E-state index >= 15 is 0 Å². The first-order valence-corrected chi connectivity index (χ1v) is 8.38. The summed E-state index contributed by atoms with van der Waals surface area (Å²) in [5.74, 6) is -0.175. The monoisotopic (exact) mass is 363 g/mol. The SMILES string of the molecule is COC(=O)Nc1cccc(C(=O)N2Cc3cnnn3Cc3ccccc32)c1. The molecule has 0 saturated carbocycles. The van der Waals surface area contributed by atoms with Gasteiger partial charge in [-0.1, -0.05) is 29.5 Å². The second-order valence-corrected chi connectivity index (χ2v) is 6.10. The van der Waals surface area contributed by atoms with Crippen LogP contribution in [0.5, 0.6) is 0 Å². The summed E-state index contributed by atoms with van der Waals surface area (Å²) in [6.45, 7) is 0.913. The lowest BCUT2D eigenvalue weighted by Crippen LogP contribution is -2.30. The van der Waals surface area contributed by atoms with Gasteiger partial charge in [0.15, 0.2) is 0 Å². The summed E-state index contributed by atoms with van der Waals surface area (Å²) in [5, 5.41) is 10.6. The van der Waals surface area contributed by atoms with E-state index in [1.165, 1.54) is 7.11 Å². The molecule has 2 heterocycles. The van der Waals surface area contributed by atoms with Crippen LogP contribution in [0, 0.1) is 0 Å². The van der Waals surface area contributed by atoms with Gasteiger partial charge in [-0.15, -0.1) is 5.10 Å². The first-order chi connectivity index (χ1) is 13.2. The molecule has 27 heavy (non-hydrogen) atoms. The zero-order valence-electron chi connectivity index (χ0n) is 14.6. The van der Waals surface area contributed by atoms with Crippen molar-refractivity contribution in [1.82, 2.24) is 15.0 Å². The number of ether oxygens (including phenoxy) is 1. The molecule has 0 fully saturated rings. The number of methoxy groups -OCH3 is 1. The van der Waals surface area contributed by atoms with Crippen LogP contribution >= 0.6 is 0 Å². The summed E-state index contributed by atoms with van der Waals surface area (Å²) < 4.78 is 6.39. The maximum Gasteiger partial charge on any atom is 0.411 e. The molecule has 3 aromatic rings. The molecule has 8 nitrogen and oxygen atoms in total. The molecule has 2 aromatic carbocycles. The molecule has 4 rings (SSSR count). The van der Waals surface area contributed by atoms with E-state index in [2.05, 4.69) is 20.4 Å². The minimum absolute atomic E-state index is 0.175. The Morgan fingerprint density at radius 2 is 1.96 bits per heavy atom. The highest BCUT2D eigenvalue weighted by molar-refractivity contribution is 6.07. The third kappa shape index (κ3) is 3.24. The van der Waals surface area contributed by atoms with E-state index in [0.717, 1.165) is 16.9 Å². The largest absolute Gasteiger partial charge is 0.453 e. The molecule has 0 atom stereocenters. The average molecular weight is 363 g/mol. The fourth-order valence-corrected chi connectivity index (χ4v) is 3.09. The molecule has 0 unspecified atom stereocenters. The summed E-state index contributed by atoms with van der Waals surface area (Å²) in [7, 11) is 1.29. The van der Waals surface area contributed by atoms with Gasteiger partial charge in [-0.2, -0.15) is 0 Å². The van der Waals surface area contributed by atoms with Gasteiger partial charge in [0.25, 0.3) is 5.91 Å². The molecule has 1 aliphatic heterocycles. The van der Waals surface area contributed by atoms with Crippen LogP contribution in [-0.4, -0.2) is 34.1 Å². The Kier molecular flexibility index (Phi) is 4.29. The van der Waals surface area contributed by atoms with Gasteiger partial charge in [0.05, 0.1) is 32.1 Å². The number of carbonyl (C=O) groups is 2. The Bertz CT molecular complexity index is 1010. The number of fused-ring (bicyclic) bond motifs is 2. The van der Waals surface area contributed by atoms with Gasteiger partial charge >= 0.3 is 6.09 Å². The number of benzene rings is 2. The molecule has 0 saturated heterocycles. The maximum absolute atomic E-state index is 13.3. The minimum atomic E-state index is -0.588. The highest BCUT2D eigenvalue weighted by atomic mass is 16.5. The lowest BCUT2D eigenvalue weighted by molar-refractivity contribution is 0.0985. The molecule has 0 radical (unpaired) electrons. The van der Waals surface area contributed by atoms with Crippen LogP contribution in [0.1, 0.15) is 21.6 Å². The predicted molar refractivity (Wildman–Crippen MR) is 98.5 cm³/mol. The van der Waals surface area contributed by atoms with Crippen molar-refractivity contribution in [2.75, 3.05) is 17.3 Å². The summed E-state index contributed by atoms with van der Waals surface area (Å²) in [6.07, 6.45) is 1.08. The number of aromatic nitrogens is 3. The number of amides is 2. The van der Waals surface area contributed by atoms with Crippen LogP contribution in [0.4, 0.5) is 16.2 Å². The van der Waals surface area contributed by atoms with Gasteiger partial charge in [-0.3, -0.25) is 10.1 Å². The van der Waals surface area contributed by atoms with Gasteiger partial charge in [0.2, 0.25) is 0 Å². The Balaban J connectivity index is 1.71. The molecule has 8 heteroatoms. The van der Waals surface area contributed by atoms with Crippen molar-refractivity contribution in [3.05, 3.63) is 71.5 Å². The molecular weight excluding hydrogens is 346 g/mol. The van der Waals surface area contributed by atoms with Crippen LogP contribution in [0.3, 0.4) is 0 Å². The first kappa shape index (κ1) is 16.8. The molecule has 1 aliphatic rings. The zero-order valence-corrected chi connectivity index (χ0v) is 14.6. The molecule has 136 valence electrons. The van der Waals surface area contributed by atoms with E-state index in [1.54, 1.807) is 40.0 Å². The number of hydrogen-bond acceptors (Lipinski definition) is 5. The predicted octanol–water partition coefficient (Wildman–Crippen LogP) is 2.67. The van der Waals surface area contributed by atoms with Crippen molar-refractivity contribution < 1.29 is 14.3 Å². The Labute approximate surface area is 155 Å². The number of nitrogens with one attached hydrogen (secondary N) is 1. The maximum atomic E-state index is 13.3. The Morgan fingerprint density at radius 1 is 1.11 bits per heavy atom. The number of nitrogens with zero attached hydrogens (tertiary/aromatic N) is 4. The molecule has 1 N–H and O–H groups in total. The minimum Gasteiger partial charge on any atom is -0.453 e. The summed E-state index contributed by atoms with van der Waals surface area (Å²) >= 11 is 0. The lowest BCUT2D eigenvalue weighted by atomic mass is 10.1. The van der Waals surface area contributed by atoms with Gasteiger partial charge < -0.3 is 9.64 Å². The second kappa shape index (κ2) is 6.91.